The van der Waals surface area contributed by atoms with Crippen LogP contribution in [-0.2, 0) is 9.53 Å². The maximum absolute atomic E-state index is 12.4. The molecule has 1 aromatic rings. The largest absolute Gasteiger partial charge is 0.373 e. The topological polar surface area (TPSA) is 104 Å². The van der Waals surface area contributed by atoms with Crippen LogP contribution in [0.15, 0.2) is 10.9 Å². The van der Waals surface area contributed by atoms with Crippen molar-refractivity contribution in [2.24, 2.45) is 5.92 Å². The van der Waals surface area contributed by atoms with Crippen LogP contribution in [0.2, 0.25) is 0 Å². The number of nitrogens with zero attached hydrogens (tertiary/aromatic N) is 2. The van der Waals surface area contributed by atoms with E-state index in [1.54, 1.807) is 11.8 Å². The zero-order valence-corrected chi connectivity index (χ0v) is 13.0. The lowest BCUT2D eigenvalue weighted by Crippen LogP contribution is -2.50. The summed E-state index contributed by atoms with van der Waals surface area (Å²) < 4.78 is 5.58. The third-order valence-electron chi connectivity index (χ3n) is 4.01. The van der Waals surface area contributed by atoms with Crippen LogP contribution in [0.1, 0.15) is 29.0 Å². The van der Waals surface area contributed by atoms with Crippen molar-refractivity contribution in [3.8, 4) is 0 Å². The molecule has 2 N–H and O–H groups in total. The van der Waals surface area contributed by atoms with E-state index < -0.39 is 11.3 Å². The minimum absolute atomic E-state index is 0.0497. The smallest absolute Gasteiger partial charge is 0.278 e. The number of morpholine rings is 1. The van der Waals surface area contributed by atoms with Crippen molar-refractivity contribution in [1.29, 1.82) is 0 Å². The minimum Gasteiger partial charge on any atom is -0.373 e. The van der Waals surface area contributed by atoms with Crippen molar-refractivity contribution in [3.63, 3.8) is 0 Å². The summed E-state index contributed by atoms with van der Waals surface area (Å²) in [6, 6.07) is 1.36. The maximum atomic E-state index is 12.4. The Hall–Kier alpha value is -2.22. The zero-order valence-electron chi connectivity index (χ0n) is 13.0. The maximum Gasteiger partial charge on any atom is 0.278 e. The Balaban J connectivity index is 1.59. The van der Waals surface area contributed by atoms with Gasteiger partial charge in [-0.1, -0.05) is 0 Å². The molecule has 0 bridgehead atoms. The van der Waals surface area contributed by atoms with Gasteiger partial charge in [0.25, 0.3) is 5.91 Å². The number of nitrogens with one attached hydrogen (secondary N) is 2. The molecule has 1 saturated heterocycles. The average molecular weight is 320 g/mol. The summed E-state index contributed by atoms with van der Waals surface area (Å²) in [6.07, 6.45) is 1.63. The third kappa shape index (κ3) is 3.76. The molecule has 1 atom stereocenters. The second-order valence-corrected chi connectivity index (χ2v) is 6.03. The summed E-state index contributed by atoms with van der Waals surface area (Å²) in [6.45, 7) is 3.19. The fourth-order valence-electron chi connectivity index (χ4n) is 2.53. The number of carbonyl (C=O) groups is 2. The fourth-order valence-corrected chi connectivity index (χ4v) is 2.53. The van der Waals surface area contributed by atoms with Crippen molar-refractivity contribution in [2.45, 2.75) is 25.9 Å². The highest BCUT2D eigenvalue weighted by Crippen LogP contribution is 2.28. The number of hydrogen-bond acceptors (Lipinski definition) is 5. The summed E-state index contributed by atoms with van der Waals surface area (Å²) >= 11 is 0. The van der Waals surface area contributed by atoms with Crippen LogP contribution < -0.4 is 10.7 Å². The molecule has 1 aromatic heterocycles. The molecule has 8 heteroatoms. The molecular formula is C15H20N4O4. The lowest BCUT2D eigenvalue weighted by Gasteiger charge is -2.32. The molecule has 23 heavy (non-hydrogen) atoms. The van der Waals surface area contributed by atoms with E-state index in [0.717, 1.165) is 12.8 Å². The highest BCUT2D eigenvalue weighted by molar-refractivity contribution is 5.92. The Morgan fingerprint density at radius 2 is 2.26 bits per heavy atom. The van der Waals surface area contributed by atoms with Crippen molar-refractivity contribution in [1.82, 2.24) is 20.4 Å². The second kappa shape index (κ2) is 6.49. The molecule has 3 rings (SSSR count). The van der Waals surface area contributed by atoms with Gasteiger partial charge in [0.1, 0.15) is 0 Å². The standard InChI is InChI=1S/C15H20N4O4/c1-9-6-12(20)13(18-17-9)15(22)19-4-5-23-11(8-19)7-16-14(21)10-2-3-10/h6,10-11H,2-5,7-8H2,1H3,(H,16,21)(H,17,20). The summed E-state index contributed by atoms with van der Waals surface area (Å²) in [5, 5.41) is 9.34. The van der Waals surface area contributed by atoms with Gasteiger partial charge in [0.15, 0.2) is 5.69 Å². The summed E-state index contributed by atoms with van der Waals surface area (Å²) in [4.78, 5) is 37.5. The zero-order chi connectivity index (χ0) is 16.4. The van der Waals surface area contributed by atoms with Gasteiger partial charge < -0.3 is 15.0 Å². The number of aromatic nitrogens is 2. The molecule has 1 saturated carbocycles. The number of aromatic amines is 1. The molecule has 2 fully saturated rings. The Bertz CT molecular complexity index is 668. The molecule has 8 nitrogen and oxygen atoms in total. The quantitative estimate of drug-likeness (QED) is 0.774. The van der Waals surface area contributed by atoms with E-state index in [0.29, 0.717) is 31.9 Å². The minimum atomic E-state index is -0.409. The first-order valence-corrected chi connectivity index (χ1v) is 7.79. The van der Waals surface area contributed by atoms with Gasteiger partial charge >= 0.3 is 0 Å². The highest BCUT2D eigenvalue weighted by Gasteiger charge is 2.31. The van der Waals surface area contributed by atoms with Gasteiger partial charge in [0.05, 0.1) is 12.7 Å². The van der Waals surface area contributed by atoms with E-state index in [1.165, 1.54) is 6.07 Å². The number of amides is 2. The Labute approximate surface area is 133 Å². The molecule has 2 amide bonds. The molecule has 2 heterocycles. The molecule has 1 aliphatic heterocycles. The SMILES string of the molecule is Cc1cc(=O)c(C(=O)N2CCOC(CNC(=O)C3CC3)C2)n[nH]1. The van der Waals surface area contributed by atoms with Crippen molar-refractivity contribution in [2.75, 3.05) is 26.2 Å². The Kier molecular flexibility index (Phi) is 4.42. The Morgan fingerprint density at radius 1 is 1.48 bits per heavy atom. The lowest BCUT2D eigenvalue weighted by molar-refractivity contribution is -0.123. The van der Waals surface area contributed by atoms with Gasteiger partial charge in [0.2, 0.25) is 11.3 Å². The van der Waals surface area contributed by atoms with Crippen LogP contribution in [-0.4, -0.2) is 59.3 Å². The Morgan fingerprint density at radius 3 is 2.96 bits per heavy atom. The van der Waals surface area contributed by atoms with Crippen molar-refractivity contribution < 1.29 is 14.3 Å². The van der Waals surface area contributed by atoms with Crippen LogP contribution in [0, 0.1) is 12.8 Å². The van der Waals surface area contributed by atoms with Crippen LogP contribution >= 0.6 is 0 Å². The molecule has 1 unspecified atom stereocenters. The lowest BCUT2D eigenvalue weighted by atomic mass is 10.2. The molecular weight excluding hydrogens is 300 g/mol. The fraction of sp³-hybridized carbons (Fsp3) is 0.600. The van der Waals surface area contributed by atoms with Gasteiger partial charge in [-0.05, 0) is 19.8 Å². The van der Waals surface area contributed by atoms with Crippen LogP contribution in [0.4, 0.5) is 0 Å². The van der Waals surface area contributed by atoms with E-state index in [1.807, 2.05) is 0 Å². The molecule has 1 aliphatic carbocycles. The van der Waals surface area contributed by atoms with Crippen LogP contribution in [0.3, 0.4) is 0 Å². The number of rotatable bonds is 4. The number of hydrogen-bond donors (Lipinski definition) is 2. The van der Waals surface area contributed by atoms with Gasteiger partial charge in [0, 0.05) is 37.3 Å². The highest BCUT2D eigenvalue weighted by atomic mass is 16.5. The number of aryl methyl sites for hydroxylation is 1. The summed E-state index contributed by atoms with van der Waals surface area (Å²) in [5.74, 6) is -0.214. The van der Waals surface area contributed by atoms with Gasteiger partial charge in [-0.2, -0.15) is 5.10 Å². The van der Waals surface area contributed by atoms with Gasteiger partial charge in [-0.3, -0.25) is 19.5 Å². The predicted octanol–water partition coefficient (Wildman–Crippen LogP) is -0.554. The molecule has 0 aromatic carbocycles. The first-order valence-electron chi connectivity index (χ1n) is 7.79. The van der Waals surface area contributed by atoms with Crippen molar-refractivity contribution in [3.05, 3.63) is 27.7 Å². The van der Waals surface area contributed by atoms with Crippen molar-refractivity contribution >= 4 is 11.8 Å². The normalized spacial score (nSPS) is 21.1. The van der Waals surface area contributed by atoms with E-state index in [2.05, 4.69) is 15.5 Å². The first-order chi connectivity index (χ1) is 11.0. The van der Waals surface area contributed by atoms with Gasteiger partial charge in [-0.15, -0.1) is 0 Å². The third-order valence-corrected chi connectivity index (χ3v) is 4.01. The van der Waals surface area contributed by atoms with Crippen LogP contribution in [0.5, 0.6) is 0 Å². The van der Waals surface area contributed by atoms with E-state index in [4.69, 9.17) is 4.74 Å². The molecule has 0 spiro atoms. The van der Waals surface area contributed by atoms with Gasteiger partial charge in [-0.25, -0.2) is 0 Å². The van der Waals surface area contributed by atoms with E-state index >= 15 is 0 Å². The monoisotopic (exact) mass is 320 g/mol. The van der Waals surface area contributed by atoms with E-state index in [9.17, 15) is 14.4 Å². The second-order valence-electron chi connectivity index (χ2n) is 6.03. The molecule has 0 radical (unpaired) electrons. The van der Waals surface area contributed by atoms with E-state index in [-0.39, 0.29) is 23.6 Å². The predicted molar refractivity (Wildman–Crippen MR) is 81.0 cm³/mol. The summed E-state index contributed by atoms with van der Waals surface area (Å²) in [5.41, 5.74) is 0.101. The van der Waals surface area contributed by atoms with Crippen LogP contribution in [0.25, 0.3) is 0 Å². The average Bonchev–Trinajstić information content (AvgIpc) is 3.37. The number of carbonyl (C=O) groups excluding carboxylic acids is 2. The number of ether oxygens (including phenoxy) is 1. The number of H-pyrrole nitrogens is 1. The molecule has 124 valence electrons. The summed E-state index contributed by atoms with van der Waals surface area (Å²) in [7, 11) is 0. The molecule has 2 aliphatic rings. The first kappa shape index (κ1) is 15.7.